The minimum atomic E-state index is -3.31. The molecule has 0 unspecified atom stereocenters. The van der Waals surface area contributed by atoms with Crippen molar-refractivity contribution in [1.82, 2.24) is 18.8 Å². The van der Waals surface area contributed by atoms with Crippen molar-refractivity contribution in [3.05, 3.63) is 27.9 Å². The number of carbonyl (C=O) groups excluding carboxylic acids is 1. The molecule has 0 atom stereocenters. The zero-order chi connectivity index (χ0) is 19.2. The van der Waals surface area contributed by atoms with Gasteiger partial charge in [-0.2, -0.15) is 4.31 Å². The molecule has 2 heterocycles. The van der Waals surface area contributed by atoms with Crippen molar-refractivity contribution in [2.75, 3.05) is 12.8 Å². The molecule has 0 N–H and O–H groups in total. The summed E-state index contributed by atoms with van der Waals surface area (Å²) in [5.74, 6) is 0.00169. The number of fused-ring (bicyclic) bond motifs is 1. The molecule has 9 heteroatoms. The van der Waals surface area contributed by atoms with Crippen molar-refractivity contribution >= 4 is 15.9 Å². The smallest absolute Gasteiger partial charge is 0.257 e. The van der Waals surface area contributed by atoms with Crippen LogP contribution in [0, 0.1) is 0 Å². The van der Waals surface area contributed by atoms with Crippen LogP contribution in [0.1, 0.15) is 49.8 Å². The minimum Gasteiger partial charge on any atom is -0.335 e. The summed E-state index contributed by atoms with van der Waals surface area (Å²) in [4.78, 5) is 32.1. The summed E-state index contributed by atoms with van der Waals surface area (Å²) in [6, 6.07) is 0.653. The summed E-state index contributed by atoms with van der Waals surface area (Å²) in [7, 11) is -3.31. The number of sulfonamides is 1. The van der Waals surface area contributed by atoms with E-state index in [1.54, 1.807) is 0 Å². The van der Waals surface area contributed by atoms with E-state index in [4.69, 9.17) is 0 Å². The fraction of sp³-hybridized carbons (Fsp3) is 0.722. The van der Waals surface area contributed by atoms with E-state index in [0.717, 1.165) is 31.9 Å². The number of hydrogen-bond acceptors (Lipinski definition) is 5. The predicted octanol–water partition coefficient (Wildman–Crippen LogP) is 0.495. The minimum absolute atomic E-state index is 0.00169. The molecule has 0 spiro atoms. The molecule has 1 amide bonds. The first-order valence-corrected chi connectivity index (χ1v) is 11.5. The summed E-state index contributed by atoms with van der Waals surface area (Å²) in [5.41, 5.74) is 0.808. The lowest BCUT2D eigenvalue weighted by atomic mass is 10.1. The lowest BCUT2D eigenvalue weighted by molar-refractivity contribution is -0.134. The molecular formula is C18H26N4O4S. The molecule has 0 aromatic carbocycles. The molecule has 1 aromatic rings. The summed E-state index contributed by atoms with van der Waals surface area (Å²) in [6.45, 7) is 0.410. The molecule has 8 nitrogen and oxygen atoms in total. The van der Waals surface area contributed by atoms with Crippen LogP contribution in [-0.4, -0.2) is 58.0 Å². The van der Waals surface area contributed by atoms with E-state index in [2.05, 4.69) is 4.98 Å². The number of hydrogen-bond donors (Lipinski definition) is 0. The Bertz CT molecular complexity index is 900. The van der Waals surface area contributed by atoms with Crippen molar-refractivity contribution in [2.24, 2.45) is 0 Å². The average Bonchev–Trinajstić information content (AvgIpc) is 3.30. The maximum absolute atomic E-state index is 12.9. The molecule has 3 aliphatic rings. The van der Waals surface area contributed by atoms with E-state index in [-0.39, 0.29) is 31.1 Å². The zero-order valence-corrected chi connectivity index (χ0v) is 16.4. The number of nitrogens with zero attached hydrogens (tertiary/aromatic N) is 4. The Balaban J connectivity index is 1.53. The van der Waals surface area contributed by atoms with Crippen LogP contribution in [0.15, 0.2) is 11.1 Å². The number of carbonyl (C=O) groups is 1. The Labute approximate surface area is 159 Å². The van der Waals surface area contributed by atoms with Gasteiger partial charge in [-0.05, 0) is 32.1 Å². The highest BCUT2D eigenvalue weighted by Crippen LogP contribution is 2.34. The fourth-order valence-corrected chi connectivity index (χ4v) is 5.08. The van der Waals surface area contributed by atoms with Crippen molar-refractivity contribution in [3.63, 3.8) is 0 Å². The second kappa shape index (κ2) is 7.01. The quantitative estimate of drug-likeness (QED) is 0.725. The SMILES string of the molecule is CS(=O)(=O)N1CCc2c(ncn(CC(=O)N(C3CCCC3)C3CC3)c2=O)C1. The molecule has 0 saturated heterocycles. The molecule has 1 aliphatic heterocycles. The first-order valence-electron chi connectivity index (χ1n) is 9.68. The van der Waals surface area contributed by atoms with Crippen molar-refractivity contribution in [1.29, 1.82) is 0 Å². The van der Waals surface area contributed by atoms with Gasteiger partial charge >= 0.3 is 0 Å². The van der Waals surface area contributed by atoms with Crippen LogP contribution in [-0.2, 0) is 34.3 Å². The van der Waals surface area contributed by atoms with Crippen LogP contribution in [0.3, 0.4) is 0 Å². The highest BCUT2D eigenvalue weighted by atomic mass is 32.2. The third-order valence-electron chi connectivity index (χ3n) is 5.88. The summed E-state index contributed by atoms with van der Waals surface area (Å²) < 4.78 is 26.2. The van der Waals surface area contributed by atoms with Gasteiger partial charge in [0.1, 0.15) is 6.54 Å². The number of amides is 1. The van der Waals surface area contributed by atoms with Gasteiger partial charge in [-0.3, -0.25) is 14.2 Å². The van der Waals surface area contributed by atoms with Gasteiger partial charge in [0.05, 0.1) is 24.8 Å². The average molecular weight is 394 g/mol. The van der Waals surface area contributed by atoms with E-state index in [9.17, 15) is 18.0 Å². The standard InChI is InChI=1S/C18H26N4O4S/c1-27(25,26)21-9-8-15-16(10-21)19-12-20(18(15)24)11-17(23)22(14-6-7-14)13-4-2-3-5-13/h12-14H,2-11H2,1H3. The topological polar surface area (TPSA) is 92.6 Å². The van der Waals surface area contributed by atoms with E-state index in [1.807, 2.05) is 4.90 Å². The van der Waals surface area contributed by atoms with Crippen LogP contribution in [0.4, 0.5) is 0 Å². The Kier molecular flexibility index (Phi) is 4.84. The number of aromatic nitrogens is 2. The maximum Gasteiger partial charge on any atom is 0.257 e. The van der Waals surface area contributed by atoms with E-state index >= 15 is 0 Å². The van der Waals surface area contributed by atoms with Crippen molar-refractivity contribution in [3.8, 4) is 0 Å². The summed E-state index contributed by atoms with van der Waals surface area (Å²) in [5, 5.41) is 0. The van der Waals surface area contributed by atoms with Gasteiger partial charge in [-0.25, -0.2) is 13.4 Å². The summed E-state index contributed by atoms with van der Waals surface area (Å²) >= 11 is 0. The van der Waals surface area contributed by atoms with Gasteiger partial charge in [-0.15, -0.1) is 0 Å². The molecule has 0 bridgehead atoms. The molecule has 4 rings (SSSR count). The number of rotatable bonds is 5. The largest absolute Gasteiger partial charge is 0.335 e. The highest BCUT2D eigenvalue weighted by molar-refractivity contribution is 7.88. The van der Waals surface area contributed by atoms with Gasteiger partial charge < -0.3 is 4.90 Å². The van der Waals surface area contributed by atoms with Crippen LogP contribution in [0.25, 0.3) is 0 Å². The van der Waals surface area contributed by atoms with Gasteiger partial charge in [0, 0.05) is 24.2 Å². The van der Waals surface area contributed by atoms with Crippen molar-refractivity contribution in [2.45, 2.75) is 70.1 Å². The fourth-order valence-electron chi connectivity index (χ4n) is 4.30. The maximum atomic E-state index is 12.9. The Morgan fingerprint density at radius 2 is 1.89 bits per heavy atom. The molecule has 148 valence electrons. The highest BCUT2D eigenvalue weighted by Gasteiger charge is 2.38. The second-order valence-corrected chi connectivity index (χ2v) is 9.90. The predicted molar refractivity (Wildman–Crippen MR) is 99.6 cm³/mol. The van der Waals surface area contributed by atoms with E-state index < -0.39 is 10.0 Å². The van der Waals surface area contributed by atoms with E-state index in [0.29, 0.717) is 29.8 Å². The normalized spacial score (nSPS) is 21.2. The molecule has 2 fully saturated rings. The molecule has 2 saturated carbocycles. The molecule has 0 radical (unpaired) electrons. The first-order chi connectivity index (χ1) is 12.8. The Hall–Kier alpha value is -1.74. The third-order valence-corrected chi connectivity index (χ3v) is 7.13. The van der Waals surface area contributed by atoms with Gasteiger partial charge in [0.2, 0.25) is 15.9 Å². The van der Waals surface area contributed by atoms with Crippen molar-refractivity contribution < 1.29 is 13.2 Å². The van der Waals surface area contributed by atoms with Gasteiger partial charge in [0.25, 0.3) is 5.56 Å². The van der Waals surface area contributed by atoms with Gasteiger partial charge in [0.15, 0.2) is 0 Å². The second-order valence-electron chi connectivity index (χ2n) is 7.92. The lowest BCUT2D eigenvalue weighted by Crippen LogP contribution is -2.45. The van der Waals surface area contributed by atoms with Crippen LogP contribution in [0.2, 0.25) is 0 Å². The van der Waals surface area contributed by atoms with Gasteiger partial charge in [-0.1, -0.05) is 12.8 Å². The molecule has 27 heavy (non-hydrogen) atoms. The first kappa shape index (κ1) is 18.6. The van der Waals surface area contributed by atoms with Crippen LogP contribution >= 0.6 is 0 Å². The molecule has 1 aromatic heterocycles. The lowest BCUT2D eigenvalue weighted by Gasteiger charge is -2.30. The summed E-state index contributed by atoms with van der Waals surface area (Å²) in [6.07, 6.45) is 9.44. The van der Waals surface area contributed by atoms with Crippen LogP contribution < -0.4 is 5.56 Å². The zero-order valence-electron chi connectivity index (χ0n) is 15.6. The Morgan fingerprint density at radius 1 is 1.22 bits per heavy atom. The monoisotopic (exact) mass is 394 g/mol. The third kappa shape index (κ3) is 3.80. The van der Waals surface area contributed by atoms with E-state index in [1.165, 1.54) is 28.0 Å². The molecule has 2 aliphatic carbocycles. The Morgan fingerprint density at radius 3 is 2.52 bits per heavy atom. The van der Waals surface area contributed by atoms with Crippen LogP contribution in [0.5, 0.6) is 0 Å². The molecular weight excluding hydrogens is 368 g/mol.